The van der Waals surface area contributed by atoms with Crippen LogP contribution in [0.2, 0.25) is 0 Å². The Hall–Kier alpha value is -2.24. The van der Waals surface area contributed by atoms with E-state index in [2.05, 4.69) is 19.2 Å². The SMILES string of the molecule is CC(C)COc1cccc(OCC(=O)N[C@@H]2CCC[C@@H]2C(=O)O)c1. The maximum atomic E-state index is 12.0. The minimum Gasteiger partial charge on any atom is -0.493 e. The number of carboxylic acid groups (broad SMARTS) is 1. The zero-order valence-electron chi connectivity index (χ0n) is 14.2. The van der Waals surface area contributed by atoms with Gasteiger partial charge < -0.3 is 19.9 Å². The third kappa shape index (κ3) is 5.44. The second-order valence-corrected chi connectivity index (χ2v) is 6.52. The number of rotatable bonds is 8. The van der Waals surface area contributed by atoms with Gasteiger partial charge in [-0.1, -0.05) is 26.3 Å². The number of benzene rings is 1. The molecule has 1 aliphatic rings. The number of carbonyl (C=O) groups is 2. The Labute approximate surface area is 142 Å². The minimum atomic E-state index is -0.853. The zero-order chi connectivity index (χ0) is 17.5. The van der Waals surface area contributed by atoms with E-state index in [0.29, 0.717) is 36.9 Å². The Morgan fingerprint density at radius 1 is 1.25 bits per heavy atom. The Morgan fingerprint density at radius 3 is 2.62 bits per heavy atom. The van der Waals surface area contributed by atoms with Crippen molar-refractivity contribution >= 4 is 11.9 Å². The standard InChI is InChI=1S/C18H25NO5/c1-12(2)10-23-13-5-3-6-14(9-13)24-11-17(20)19-16-8-4-7-15(16)18(21)22/h3,5-6,9,12,15-16H,4,7-8,10-11H2,1-2H3,(H,19,20)(H,21,22)/t15-,16+/m0/s1. The van der Waals surface area contributed by atoms with E-state index in [9.17, 15) is 9.59 Å². The summed E-state index contributed by atoms with van der Waals surface area (Å²) in [4.78, 5) is 23.1. The van der Waals surface area contributed by atoms with Crippen molar-refractivity contribution in [1.82, 2.24) is 5.32 Å². The van der Waals surface area contributed by atoms with Crippen LogP contribution in [-0.4, -0.2) is 36.2 Å². The second-order valence-electron chi connectivity index (χ2n) is 6.52. The van der Waals surface area contributed by atoms with Crippen LogP contribution in [0, 0.1) is 11.8 Å². The first-order valence-corrected chi connectivity index (χ1v) is 8.33. The summed E-state index contributed by atoms with van der Waals surface area (Å²) in [6.07, 6.45) is 2.12. The average Bonchev–Trinajstić information content (AvgIpc) is 3.00. The van der Waals surface area contributed by atoms with Crippen molar-refractivity contribution < 1.29 is 24.2 Å². The van der Waals surface area contributed by atoms with E-state index in [1.54, 1.807) is 18.2 Å². The lowest BCUT2D eigenvalue weighted by molar-refractivity contribution is -0.142. The van der Waals surface area contributed by atoms with E-state index in [-0.39, 0.29) is 18.6 Å². The first-order chi connectivity index (χ1) is 11.5. The molecule has 0 radical (unpaired) electrons. The van der Waals surface area contributed by atoms with Crippen molar-refractivity contribution in [1.29, 1.82) is 0 Å². The van der Waals surface area contributed by atoms with E-state index in [1.165, 1.54) is 0 Å². The molecule has 1 aliphatic carbocycles. The average molecular weight is 335 g/mol. The highest BCUT2D eigenvalue weighted by Gasteiger charge is 2.33. The molecule has 6 nitrogen and oxygen atoms in total. The first-order valence-electron chi connectivity index (χ1n) is 8.33. The van der Waals surface area contributed by atoms with Crippen LogP contribution in [0.25, 0.3) is 0 Å². The lowest BCUT2D eigenvalue weighted by atomic mass is 10.0. The molecule has 0 aromatic heterocycles. The molecule has 2 atom stereocenters. The van der Waals surface area contributed by atoms with Gasteiger partial charge in [0.25, 0.3) is 5.91 Å². The van der Waals surface area contributed by atoms with Crippen LogP contribution in [0.4, 0.5) is 0 Å². The summed E-state index contributed by atoms with van der Waals surface area (Å²) < 4.78 is 11.1. The third-order valence-electron chi connectivity index (χ3n) is 3.94. The lowest BCUT2D eigenvalue weighted by Gasteiger charge is -2.17. The summed E-state index contributed by atoms with van der Waals surface area (Å²) in [5, 5.41) is 11.9. The Kier molecular flexibility index (Phi) is 6.46. The normalized spacial score (nSPS) is 20.0. The van der Waals surface area contributed by atoms with Gasteiger partial charge in [-0.3, -0.25) is 9.59 Å². The number of carbonyl (C=O) groups excluding carboxylic acids is 1. The van der Waals surface area contributed by atoms with Crippen LogP contribution >= 0.6 is 0 Å². The van der Waals surface area contributed by atoms with Gasteiger partial charge in [0.2, 0.25) is 0 Å². The zero-order valence-corrected chi connectivity index (χ0v) is 14.2. The number of aliphatic carboxylic acids is 1. The number of amides is 1. The smallest absolute Gasteiger partial charge is 0.308 e. The summed E-state index contributed by atoms with van der Waals surface area (Å²) >= 11 is 0. The van der Waals surface area contributed by atoms with Crippen LogP contribution < -0.4 is 14.8 Å². The fourth-order valence-electron chi connectivity index (χ4n) is 2.74. The molecule has 0 bridgehead atoms. The highest BCUT2D eigenvalue weighted by Crippen LogP contribution is 2.26. The second kappa shape index (κ2) is 8.57. The van der Waals surface area contributed by atoms with Gasteiger partial charge in [0.1, 0.15) is 11.5 Å². The van der Waals surface area contributed by atoms with Gasteiger partial charge in [0.15, 0.2) is 6.61 Å². The molecule has 1 aromatic carbocycles. The van der Waals surface area contributed by atoms with Crippen LogP contribution in [-0.2, 0) is 9.59 Å². The molecule has 6 heteroatoms. The minimum absolute atomic E-state index is 0.142. The molecule has 0 heterocycles. The summed E-state index contributed by atoms with van der Waals surface area (Å²) in [7, 11) is 0. The molecule has 132 valence electrons. The van der Waals surface area contributed by atoms with E-state index in [0.717, 1.165) is 6.42 Å². The molecule has 0 unspecified atom stereocenters. The van der Waals surface area contributed by atoms with E-state index in [1.807, 2.05) is 6.07 Å². The Balaban J connectivity index is 1.81. The molecule has 0 saturated heterocycles. The van der Waals surface area contributed by atoms with E-state index >= 15 is 0 Å². The van der Waals surface area contributed by atoms with Gasteiger partial charge in [-0.05, 0) is 30.9 Å². The molecule has 1 amide bonds. The van der Waals surface area contributed by atoms with Crippen LogP contribution in [0.5, 0.6) is 11.5 Å². The highest BCUT2D eigenvalue weighted by atomic mass is 16.5. The molecular formula is C18H25NO5. The number of nitrogens with one attached hydrogen (secondary N) is 1. The molecule has 2 N–H and O–H groups in total. The van der Waals surface area contributed by atoms with Crippen molar-refractivity contribution in [3.05, 3.63) is 24.3 Å². The quantitative estimate of drug-likeness (QED) is 0.762. The van der Waals surface area contributed by atoms with Crippen molar-refractivity contribution in [2.45, 2.75) is 39.2 Å². The fourth-order valence-corrected chi connectivity index (χ4v) is 2.74. The van der Waals surface area contributed by atoms with Crippen molar-refractivity contribution in [3.8, 4) is 11.5 Å². The number of hydrogen-bond donors (Lipinski definition) is 2. The van der Waals surface area contributed by atoms with E-state index in [4.69, 9.17) is 14.6 Å². The fraction of sp³-hybridized carbons (Fsp3) is 0.556. The van der Waals surface area contributed by atoms with Crippen LogP contribution in [0.3, 0.4) is 0 Å². The van der Waals surface area contributed by atoms with Gasteiger partial charge in [-0.15, -0.1) is 0 Å². The lowest BCUT2D eigenvalue weighted by Crippen LogP contribution is -2.42. The van der Waals surface area contributed by atoms with Gasteiger partial charge in [-0.2, -0.15) is 0 Å². The topological polar surface area (TPSA) is 84.9 Å². The number of ether oxygens (including phenoxy) is 2. The van der Waals surface area contributed by atoms with Crippen molar-refractivity contribution in [2.75, 3.05) is 13.2 Å². The summed E-state index contributed by atoms with van der Waals surface area (Å²) in [5.74, 6) is 0.0157. The predicted molar refractivity (Wildman–Crippen MR) is 89.2 cm³/mol. The monoisotopic (exact) mass is 335 g/mol. The van der Waals surface area contributed by atoms with Crippen molar-refractivity contribution in [3.63, 3.8) is 0 Å². The maximum absolute atomic E-state index is 12.0. The largest absolute Gasteiger partial charge is 0.493 e. The van der Waals surface area contributed by atoms with Gasteiger partial charge >= 0.3 is 5.97 Å². The number of carboxylic acids is 1. The van der Waals surface area contributed by atoms with Crippen molar-refractivity contribution in [2.24, 2.45) is 11.8 Å². The Bertz CT molecular complexity index is 572. The summed E-state index contributed by atoms with van der Waals surface area (Å²) in [5.41, 5.74) is 0. The summed E-state index contributed by atoms with van der Waals surface area (Å²) in [6, 6.07) is 6.83. The highest BCUT2D eigenvalue weighted by molar-refractivity contribution is 5.79. The molecule has 1 aromatic rings. The molecule has 0 spiro atoms. The first kappa shape index (κ1) is 18.1. The molecule has 24 heavy (non-hydrogen) atoms. The van der Waals surface area contributed by atoms with Crippen LogP contribution in [0.15, 0.2) is 24.3 Å². The molecular weight excluding hydrogens is 310 g/mol. The van der Waals surface area contributed by atoms with Gasteiger partial charge in [0, 0.05) is 12.1 Å². The molecule has 1 saturated carbocycles. The molecule has 0 aliphatic heterocycles. The van der Waals surface area contributed by atoms with Gasteiger partial charge in [0.05, 0.1) is 12.5 Å². The van der Waals surface area contributed by atoms with Crippen LogP contribution in [0.1, 0.15) is 33.1 Å². The maximum Gasteiger partial charge on any atom is 0.308 e. The predicted octanol–water partition coefficient (Wildman–Crippen LogP) is 2.47. The molecule has 1 fully saturated rings. The third-order valence-corrected chi connectivity index (χ3v) is 3.94. The Morgan fingerprint density at radius 2 is 1.96 bits per heavy atom. The van der Waals surface area contributed by atoms with Gasteiger partial charge in [-0.25, -0.2) is 0 Å². The summed E-state index contributed by atoms with van der Waals surface area (Å²) in [6.45, 7) is 4.61. The van der Waals surface area contributed by atoms with E-state index < -0.39 is 11.9 Å². The molecule has 2 rings (SSSR count). The number of hydrogen-bond acceptors (Lipinski definition) is 4.